The normalized spacial score (nSPS) is 13.2. The fraction of sp³-hybridized carbons (Fsp3) is 0.533. The number of rotatable bonds is 8. The number of nitrogens with one attached hydrogen (secondary N) is 1. The molecule has 0 aliphatic carbocycles. The second kappa shape index (κ2) is 9.87. The summed E-state index contributed by atoms with van der Waals surface area (Å²) < 4.78 is 5.42. The van der Waals surface area contributed by atoms with E-state index in [0.29, 0.717) is 29.2 Å². The van der Waals surface area contributed by atoms with Crippen LogP contribution >= 0.6 is 23.2 Å². The van der Waals surface area contributed by atoms with Gasteiger partial charge in [-0.1, -0.05) is 42.6 Å². The van der Waals surface area contributed by atoms with Crippen LogP contribution in [0.3, 0.4) is 0 Å². The van der Waals surface area contributed by atoms with Crippen molar-refractivity contribution in [3.63, 3.8) is 0 Å². The lowest BCUT2D eigenvalue weighted by molar-refractivity contribution is 0.139. The lowest BCUT2D eigenvalue weighted by Gasteiger charge is -2.16. The Balaban J connectivity index is 2.40. The van der Waals surface area contributed by atoms with Gasteiger partial charge >= 0.3 is 0 Å². The highest BCUT2D eigenvalue weighted by Crippen LogP contribution is 2.25. The second-order valence-electron chi connectivity index (χ2n) is 4.76. The number of aliphatic imine (C=N–C) groups is 1. The van der Waals surface area contributed by atoms with E-state index in [4.69, 9.17) is 33.7 Å². The Labute approximate surface area is 136 Å². The van der Waals surface area contributed by atoms with Gasteiger partial charge in [0.15, 0.2) is 5.96 Å². The summed E-state index contributed by atoms with van der Waals surface area (Å²) in [5, 5.41) is 4.33. The topological polar surface area (TPSA) is 59.6 Å². The standard InChI is InChI=1S/C15H23Cl2N3O/c1-3-4-8-21-9-7-19-15(18)20-11(2)13-6-5-12(16)10-14(13)17/h5-6,10-11H,3-4,7-9H2,1-2H3,(H3,18,19,20). The molecule has 3 N–H and O–H groups in total. The first-order chi connectivity index (χ1) is 10.0. The summed E-state index contributed by atoms with van der Waals surface area (Å²) in [5.41, 5.74) is 6.78. The first-order valence-corrected chi connectivity index (χ1v) is 7.89. The predicted molar refractivity (Wildman–Crippen MR) is 90.2 cm³/mol. The maximum Gasteiger partial charge on any atom is 0.189 e. The Hall–Kier alpha value is -0.970. The van der Waals surface area contributed by atoms with Crippen LogP contribution in [0.25, 0.3) is 0 Å². The average Bonchev–Trinajstić information content (AvgIpc) is 2.42. The lowest BCUT2D eigenvalue weighted by Crippen LogP contribution is -2.34. The highest BCUT2D eigenvalue weighted by Gasteiger charge is 2.10. The van der Waals surface area contributed by atoms with Crippen molar-refractivity contribution in [3.05, 3.63) is 33.8 Å². The van der Waals surface area contributed by atoms with Crippen LogP contribution in [0.4, 0.5) is 0 Å². The monoisotopic (exact) mass is 331 g/mol. The number of nitrogens with two attached hydrogens (primary N) is 1. The lowest BCUT2D eigenvalue weighted by atomic mass is 10.1. The molecule has 1 aromatic rings. The number of halogens is 2. The number of guanidine groups is 1. The SMILES string of the molecule is CCCCOCCN=C(N)NC(C)c1ccc(Cl)cc1Cl. The van der Waals surface area contributed by atoms with E-state index in [1.165, 1.54) is 0 Å². The number of hydrogen-bond donors (Lipinski definition) is 2. The van der Waals surface area contributed by atoms with Crippen molar-refractivity contribution in [2.24, 2.45) is 10.7 Å². The third-order valence-corrected chi connectivity index (χ3v) is 3.52. The van der Waals surface area contributed by atoms with E-state index in [1.54, 1.807) is 12.1 Å². The van der Waals surface area contributed by atoms with E-state index in [2.05, 4.69) is 17.2 Å². The molecule has 1 rings (SSSR count). The van der Waals surface area contributed by atoms with Gasteiger partial charge in [0, 0.05) is 16.7 Å². The maximum atomic E-state index is 6.16. The molecule has 21 heavy (non-hydrogen) atoms. The van der Waals surface area contributed by atoms with E-state index in [-0.39, 0.29) is 6.04 Å². The molecule has 1 unspecified atom stereocenters. The molecule has 0 amide bonds. The molecule has 118 valence electrons. The molecule has 0 radical (unpaired) electrons. The van der Waals surface area contributed by atoms with Crippen molar-refractivity contribution in [1.29, 1.82) is 0 Å². The summed E-state index contributed by atoms with van der Waals surface area (Å²) in [4.78, 5) is 4.22. The van der Waals surface area contributed by atoms with E-state index in [0.717, 1.165) is 25.0 Å². The third kappa shape index (κ3) is 7.02. The van der Waals surface area contributed by atoms with Gasteiger partial charge in [-0.3, -0.25) is 4.99 Å². The highest BCUT2D eigenvalue weighted by molar-refractivity contribution is 6.35. The average molecular weight is 332 g/mol. The van der Waals surface area contributed by atoms with Crippen LogP contribution in [-0.4, -0.2) is 25.7 Å². The van der Waals surface area contributed by atoms with Crippen molar-refractivity contribution in [2.45, 2.75) is 32.7 Å². The number of ether oxygens (including phenoxy) is 1. The molecule has 0 heterocycles. The van der Waals surface area contributed by atoms with Crippen LogP contribution in [0.5, 0.6) is 0 Å². The summed E-state index contributed by atoms with van der Waals surface area (Å²) in [6, 6.07) is 5.35. The molecule has 4 nitrogen and oxygen atoms in total. The van der Waals surface area contributed by atoms with Gasteiger partial charge < -0.3 is 15.8 Å². The molecular weight excluding hydrogens is 309 g/mol. The van der Waals surface area contributed by atoms with Crippen molar-refractivity contribution < 1.29 is 4.74 Å². The Kier molecular flexibility index (Phi) is 8.50. The van der Waals surface area contributed by atoms with Gasteiger partial charge in [-0.2, -0.15) is 0 Å². The summed E-state index contributed by atoms with van der Waals surface area (Å²) >= 11 is 12.0. The van der Waals surface area contributed by atoms with E-state index >= 15 is 0 Å². The first-order valence-electron chi connectivity index (χ1n) is 7.13. The minimum absolute atomic E-state index is 0.0421. The van der Waals surface area contributed by atoms with Gasteiger partial charge in [0.1, 0.15) is 0 Å². The molecule has 0 saturated carbocycles. The molecule has 0 aliphatic heterocycles. The van der Waals surface area contributed by atoms with Crippen LogP contribution in [0.1, 0.15) is 38.3 Å². The van der Waals surface area contributed by atoms with Crippen LogP contribution < -0.4 is 11.1 Å². The van der Waals surface area contributed by atoms with Crippen LogP contribution in [0.2, 0.25) is 10.0 Å². The van der Waals surface area contributed by atoms with E-state index in [9.17, 15) is 0 Å². The smallest absolute Gasteiger partial charge is 0.189 e. The summed E-state index contributed by atoms with van der Waals surface area (Å²) in [7, 11) is 0. The van der Waals surface area contributed by atoms with Crippen LogP contribution in [0, 0.1) is 0 Å². The zero-order valence-corrected chi connectivity index (χ0v) is 14.0. The minimum atomic E-state index is -0.0421. The Bertz CT molecular complexity index is 466. The molecule has 1 aromatic carbocycles. The van der Waals surface area contributed by atoms with Crippen molar-refractivity contribution in [1.82, 2.24) is 5.32 Å². The number of hydrogen-bond acceptors (Lipinski definition) is 2. The molecule has 0 saturated heterocycles. The van der Waals surface area contributed by atoms with E-state index < -0.39 is 0 Å². The van der Waals surface area contributed by atoms with Crippen molar-refractivity contribution in [2.75, 3.05) is 19.8 Å². The summed E-state index contributed by atoms with van der Waals surface area (Å²) in [6.45, 7) is 6.00. The molecular formula is C15H23Cl2N3O. The fourth-order valence-corrected chi connectivity index (χ4v) is 2.35. The zero-order valence-electron chi connectivity index (χ0n) is 12.5. The molecule has 1 atom stereocenters. The van der Waals surface area contributed by atoms with Gasteiger partial charge in [0.2, 0.25) is 0 Å². The Morgan fingerprint density at radius 3 is 2.81 bits per heavy atom. The number of nitrogens with zero attached hydrogens (tertiary/aromatic N) is 1. The molecule has 0 fully saturated rings. The molecule has 6 heteroatoms. The molecule has 0 aliphatic rings. The number of benzene rings is 1. The highest BCUT2D eigenvalue weighted by atomic mass is 35.5. The fourth-order valence-electron chi connectivity index (χ4n) is 1.78. The van der Waals surface area contributed by atoms with Crippen molar-refractivity contribution >= 4 is 29.2 Å². The quantitative estimate of drug-likeness (QED) is 0.433. The third-order valence-electron chi connectivity index (χ3n) is 2.95. The summed E-state index contributed by atoms with van der Waals surface area (Å²) in [5.74, 6) is 0.382. The minimum Gasteiger partial charge on any atom is -0.380 e. The maximum absolute atomic E-state index is 6.16. The molecule has 0 spiro atoms. The van der Waals surface area contributed by atoms with Gasteiger partial charge in [-0.15, -0.1) is 0 Å². The predicted octanol–water partition coefficient (Wildman–Crippen LogP) is 3.78. The van der Waals surface area contributed by atoms with Crippen molar-refractivity contribution in [3.8, 4) is 0 Å². The van der Waals surface area contributed by atoms with E-state index in [1.807, 2.05) is 13.0 Å². The largest absolute Gasteiger partial charge is 0.380 e. The number of unbranched alkanes of at least 4 members (excludes halogenated alkanes) is 1. The molecule has 0 bridgehead atoms. The Morgan fingerprint density at radius 2 is 2.14 bits per heavy atom. The second-order valence-corrected chi connectivity index (χ2v) is 5.61. The van der Waals surface area contributed by atoms with Gasteiger partial charge in [-0.05, 0) is 31.0 Å². The van der Waals surface area contributed by atoms with Gasteiger partial charge in [0.25, 0.3) is 0 Å². The van der Waals surface area contributed by atoms with Gasteiger partial charge in [0.05, 0.1) is 19.2 Å². The van der Waals surface area contributed by atoms with Gasteiger partial charge in [-0.25, -0.2) is 0 Å². The molecule has 0 aromatic heterocycles. The Morgan fingerprint density at radius 1 is 1.38 bits per heavy atom. The zero-order chi connectivity index (χ0) is 15.7. The first kappa shape index (κ1) is 18.1. The van der Waals surface area contributed by atoms with Crippen LogP contribution in [0.15, 0.2) is 23.2 Å². The summed E-state index contributed by atoms with van der Waals surface area (Å²) in [6.07, 6.45) is 2.20. The van der Waals surface area contributed by atoms with Crippen LogP contribution in [-0.2, 0) is 4.74 Å².